The molecule has 1 aromatic heterocycles. The van der Waals surface area contributed by atoms with E-state index in [1.165, 1.54) is 11.3 Å². The van der Waals surface area contributed by atoms with Gasteiger partial charge in [0, 0.05) is 61.4 Å². The van der Waals surface area contributed by atoms with E-state index in [1.807, 2.05) is 12.3 Å². The van der Waals surface area contributed by atoms with Gasteiger partial charge >= 0.3 is 0 Å². The highest BCUT2D eigenvalue weighted by Crippen LogP contribution is 2.58. The summed E-state index contributed by atoms with van der Waals surface area (Å²) in [6.45, 7) is 10.3. The Balaban J connectivity index is 1.16. The van der Waals surface area contributed by atoms with Crippen LogP contribution in [0.2, 0.25) is 0 Å². The molecule has 182 valence electrons. The first-order chi connectivity index (χ1) is 16.4. The number of aromatic nitrogens is 1. The number of amides is 1. The second kappa shape index (κ2) is 8.16. The second-order valence-corrected chi connectivity index (χ2v) is 10.8. The van der Waals surface area contributed by atoms with Gasteiger partial charge in [0.25, 0.3) is 0 Å². The van der Waals surface area contributed by atoms with Crippen LogP contribution in [0.15, 0.2) is 24.4 Å². The molecule has 2 N–H and O–H groups in total. The molecular formula is C26H34N4O4. The monoisotopic (exact) mass is 466 g/mol. The third-order valence-corrected chi connectivity index (χ3v) is 8.66. The number of ether oxygens (including phenoxy) is 2. The van der Waals surface area contributed by atoms with Gasteiger partial charge in [0.15, 0.2) is 0 Å². The highest BCUT2D eigenvalue weighted by molar-refractivity contribution is 5.97. The van der Waals surface area contributed by atoms with Crippen molar-refractivity contribution in [1.82, 2.24) is 9.88 Å². The normalized spacial score (nSPS) is 33.7. The molecule has 8 heteroatoms. The molecule has 4 aliphatic rings. The van der Waals surface area contributed by atoms with Crippen molar-refractivity contribution < 1.29 is 19.4 Å². The average Bonchev–Trinajstić information content (AvgIpc) is 3.14. The van der Waals surface area contributed by atoms with Gasteiger partial charge in [-0.3, -0.25) is 9.69 Å². The first-order valence-corrected chi connectivity index (χ1v) is 12.4. The van der Waals surface area contributed by atoms with E-state index in [0.717, 1.165) is 56.4 Å². The third kappa shape index (κ3) is 3.68. The number of fused-ring (bicyclic) bond motifs is 1. The van der Waals surface area contributed by atoms with Gasteiger partial charge in [-0.1, -0.05) is 0 Å². The van der Waals surface area contributed by atoms with Crippen molar-refractivity contribution in [1.29, 1.82) is 0 Å². The first-order valence-electron chi connectivity index (χ1n) is 12.4. The lowest BCUT2D eigenvalue weighted by Crippen LogP contribution is -2.60. The molecule has 1 aliphatic carbocycles. The Labute approximate surface area is 200 Å². The van der Waals surface area contributed by atoms with Gasteiger partial charge < -0.3 is 24.8 Å². The summed E-state index contributed by atoms with van der Waals surface area (Å²) in [4.78, 5) is 22.1. The van der Waals surface area contributed by atoms with Crippen LogP contribution in [0.3, 0.4) is 0 Å². The molecule has 3 saturated heterocycles. The zero-order valence-corrected chi connectivity index (χ0v) is 20.0. The highest BCUT2D eigenvalue weighted by atomic mass is 16.5. The third-order valence-electron chi connectivity index (χ3n) is 8.66. The minimum Gasteiger partial charge on any atom is -0.389 e. The number of aryl methyl sites for hydroxylation is 1. The Morgan fingerprint density at radius 2 is 1.97 bits per heavy atom. The summed E-state index contributed by atoms with van der Waals surface area (Å²) in [6, 6.07) is 6.38. The Kier molecular flexibility index (Phi) is 5.33. The van der Waals surface area contributed by atoms with E-state index in [0.29, 0.717) is 25.6 Å². The number of nitrogens with zero attached hydrogens (tertiary/aromatic N) is 3. The van der Waals surface area contributed by atoms with Crippen LogP contribution in [0.25, 0.3) is 10.8 Å². The van der Waals surface area contributed by atoms with Crippen molar-refractivity contribution in [2.75, 3.05) is 62.8 Å². The van der Waals surface area contributed by atoms with Crippen molar-refractivity contribution in [2.24, 2.45) is 11.3 Å². The number of anilines is 2. The molecular weight excluding hydrogens is 432 g/mol. The number of hydrogen-bond donors (Lipinski definition) is 2. The SMILES string of the molecule is Cc1cc2cnc(NC(=O)[C@H]3C[C@@]34CCOC4)cc2cc1N1CCN([C@]2(C)COC[C@@H]2O)CC1. The minimum absolute atomic E-state index is 0.0445. The lowest BCUT2D eigenvalue weighted by molar-refractivity contribution is -0.118. The molecule has 4 heterocycles. The molecule has 1 aromatic carbocycles. The van der Waals surface area contributed by atoms with Crippen LogP contribution in [0.4, 0.5) is 11.5 Å². The van der Waals surface area contributed by atoms with E-state index in [9.17, 15) is 9.90 Å². The van der Waals surface area contributed by atoms with Crippen LogP contribution < -0.4 is 10.2 Å². The van der Waals surface area contributed by atoms with Gasteiger partial charge in [-0.25, -0.2) is 4.98 Å². The van der Waals surface area contributed by atoms with Gasteiger partial charge in [-0.15, -0.1) is 0 Å². The van der Waals surface area contributed by atoms with Gasteiger partial charge in [-0.2, -0.15) is 0 Å². The molecule has 8 nitrogen and oxygen atoms in total. The molecule has 1 amide bonds. The summed E-state index contributed by atoms with van der Waals surface area (Å²) in [7, 11) is 0. The van der Waals surface area contributed by atoms with Crippen molar-refractivity contribution in [3.63, 3.8) is 0 Å². The quantitative estimate of drug-likeness (QED) is 0.714. The molecule has 4 fully saturated rings. The van der Waals surface area contributed by atoms with Crippen LogP contribution in [-0.2, 0) is 14.3 Å². The maximum absolute atomic E-state index is 12.8. The summed E-state index contributed by atoms with van der Waals surface area (Å²) in [5, 5.41) is 15.6. The van der Waals surface area contributed by atoms with Gasteiger partial charge in [-0.05, 0) is 55.8 Å². The fraction of sp³-hybridized carbons (Fsp3) is 0.615. The molecule has 4 atom stereocenters. The number of aliphatic hydroxyl groups is 1. The number of nitrogens with one attached hydrogen (secondary N) is 1. The number of benzene rings is 1. The predicted octanol–water partition coefficient (Wildman–Crippen LogP) is 2.18. The topological polar surface area (TPSA) is 87.2 Å². The predicted molar refractivity (Wildman–Crippen MR) is 130 cm³/mol. The standard InChI is InChI=1S/C26H34N4O4/c1-17-9-19-13-27-23(28-24(32)20-12-26(20)3-8-33-16-26)11-18(19)10-21(17)29-4-6-30(7-5-29)25(2)15-34-14-22(25)31/h9-11,13,20,22,31H,3-8,12,14-16H2,1-2H3,(H,27,28,32)/t20-,22+,25-,26-/m1/s1. The molecule has 34 heavy (non-hydrogen) atoms. The maximum atomic E-state index is 12.8. The number of carbonyl (C=O) groups is 1. The number of aliphatic hydroxyl groups excluding tert-OH is 1. The molecule has 1 spiro atoms. The number of carbonyl (C=O) groups excluding carboxylic acids is 1. The lowest BCUT2D eigenvalue weighted by Gasteiger charge is -2.45. The van der Waals surface area contributed by atoms with Crippen molar-refractivity contribution in [3.8, 4) is 0 Å². The lowest BCUT2D eigenvalue weighted by atomic mass is 9.95. The van der Waals surface area contributed by atoms with E-state index in [1.54, 1.807) is 0 Å². The van der Waals surface area contributed by atoms with E-state index in [-0.39, 0.29) is 22.8 Å². The summed E-state index contributed by atoms with van der Waals surface area (Å²) in [5.41, 5.74) is 2.21. The molecule has 1 saturated carbocycles. The zero-order chi connectivity index (χ0) is 23.5. The number of hydrogen-bond acceptors (Lipinski definition) is 7. The van der Waals surface area contributed by atoms with Gasteiger partial charge in [0.05, 0.1) is 31.5 Å². The summed E-state index contributed by atoms with van der Waals surface area (Å²) in [6.07, 6.45) is 3.32. The molecule has 6 rings (SSSR count). The Morgan fingerprint density at radius 3 is 2.68 bits per heavy atom. The minimum atomic E-state index is -0.436. The van der Waals surface area contributed by atoms with Crippen LogP contribution in [0, 0.1) is 18.3 Å². The summed E-state index contributed by atoms with van der Waals surface area (Å²) in [5.74, 6) is 0.719. The van der Waals surface area contributed by atoms with Crippen LogP contribution in [0.1, 0.15) is 25.3 Å². The molecule has 2 aromatic rings. The Hall–Kier alpha value is -2.26. The zero-order valence-electron chi connectivity index (χ0n) is 20.0. The van der Waals surface area contributed by atoms with E-state index in [4.69, 9.17) is 9.47 Å². The van der Waals surface area contributed by atoms with Crippen molar-refractivity contribution in [2.45, 2.75) is 38.3 Å². The van der Waals surface area contributed by atoms with Crippen molar-refractivity contribution in [3.05, 3.63) is 30.0 Å². The van der Waals surface area contributed by atoms with Crippen LogP contribution in [0.5, 0.6) is 0 Å². The fourth-order valence-electron chi connectivity index (χ4n) is 6.11. The van der Waals surface area contributed by atoms with Gasteiger partial charge in [0.2, 0.25) is 5.91 Å². The Bertz CT molecular complexity index is 1110. The van der Waals surface area contributed by atoms with E-state index in [2.05, 4.69) is 46.1 Å². The Morgan fingerprint density at radius 1 is 1.15 bits per heavy atom. The molecule has 0 radical (unpaired) electrons. The molecule has 0 unspecified atom stereocenters. The van der Waals surface area contributed by atoms with Crippen LogP contribution in [-0.4, -0.2) is 85.1 Å². The average molecular weight is 467 g/mol. The highest BCUT2D eigenvalue weighted by Gasteiger charge is 2.59. The van der Waals surface area contributed by atoms with Crippen molar-refractivity contribution >= 4 is 28.2 Å². The van der Waals surface area contributed by atoms with Gasteiger partial charge in [0.1, 0.15) is 5.82 Å². The maximum Gasteiger partial charge on any atom is 0.229 e. The summed E-state index contributed by atoms with van der Waals surface area (Å²) >= 11 is 0. The summed E-state index contributed by atoms with van der Waals surface area (Å²) < 4.78 is 11.1. The smallest absolute Gasteiger partial charge is 0.229 e. The fourth-order valence-corrected chi connectivity index (χ4v) is 6.11. The van der Waals surface area contributed by atoms with Crippen LogP contribution >= 0.6 is 0 Å². The second-order valence-electron chi connectivity index (χ2n) is 10.8. The molecule has 0 bridgehead atoms. The number of rotatable bonds is 4. The first kappa shape index (κ1) is 22.2. The molecule has 3 aliphatic heterocycles. The van der Waals surface area contributed by atoms with E-state index >= 15 is 0 Å². The largest absolute Gasteiger partial charge is 0.389 e. The number of pyridine rings is 1. The number of piperazine rings is 1. The van der Waals surface area contributed by atoms with E-state index < -0.39 is 6.10 Å².